The van der Waals surface area contributed by atoms with Gasteiger partial charge in [0.15, 0.2) is 0 Å². The number of anilines is 2. The quantitative estimate of drug-likeness (QED) is 0.667. The Morgan fingerprint density at radius 1 is 1.03 bits per heavy atom. The summed E-state index contributed by atoms with van der Waals surface area (Å²) in [5, 5.41) is 5.63. The van der Waals surface area contributed by atoms with E-state index >= 15 is 0 Å². The largest absolute Gasteiger partial charge is 0.356 e. The highest BCUT2D eigenvalue weighted by Crippen LogP contribution is 2.38. The summed E-state index contributed by atoms with van der Waals surface area (Å²) in [6.07, 6.45) is 4.11. The van der Waals surface area contributed by atoms with Crippen LogP contribution in [-0.2, 0) is 4.79 Å². The molecule has 2 N–H and O–H groups in total. The van der Waals surface area contributed by atoms with Crippen molar-refractivity contribution in [2.45, 2.75) is 38.8 Å². The molecule has 3 atom stereocenters. The van der Waals surface area contributed by atoms with E-state index in [9.17, 15) is 9.59 Å². The number of fused-ring (bicyclic) bond motifs is 2. The molecule has 0 aromatic heterocycles. The molecular weight excluding hydrogens is 450 g/mol. The van der Waals surface area contributed by atoms with E-state index < -0.39 is 12.2 Å². The van der Waals surface area contributed by atoms with E-state index in [-0.39, 0.29) is 18.3 Å². The van der Waals surface area contributed by atoms with Gasteiger partial charge in [0.1, 0.15) is 5.84 Å². The molecule has 0 spiro atoms. The van der Waals surface area contributed by atoms with Crippen LogP contribution in [0.5, 0.6) is 0 Å². The summed E-state index contributed by atoms with van der Waals surface area (Å²) in [6.45, 7) is 3.88. The number of rotatable bonds is 2. The van der Waals surface area contributed by atoms with E-state index in [1.165, 1.54) is 25.7 Å². The molecule has 3 amide bonds. The van der Waals surface area contributed by atoms with Gasteiger partial charge in [0.25, 0.3) is 5.91 Å². The van der Waals surface area contributed by atoms with Gasteiger partial charge in [-0.15, -0.1) is 12.4 Å². The van der Waals surface area contributed by atoms with Crippen molar-refractivity contribution >= 4 is 41.6 Å². The smallest absolute Gasteiger partial charge is 0.321 e. The second kappa shape index (κ2) is 10.1. The van der Waals surface area contributed by atoms with E-state index in [4.69, 9.17) is 4.99 Å². The zero-order valence-corrected chi connectivity index (χ0v) is 20.5. The number of benzene rings is 2. The summed E-state index contributed by atoms with van der Waals surface area (Å²) in [6, 6.07) is 15.0. The zero-order chi connectivity index (χ0) is 22.9. The van der Waals surface area contributed by atoms with E-state index in [1.807, 2.05) is 55.5 Å². The number of likely N-dealkylation sites (tertiary alicyclic amines) is 1. The Bertz CT molecular complexity index is 1090. The average Bonchev–Trinajstić information content (AvgIpc) is 3.21. The lowest BCUT2D eigenvalue weighted by atomic mass is 9.82. The third-order valence-corrected chi connectivity index (χ3v) is 7.14. The van der Waals surface area contributed by atoms with Crippen LogP contribution >= 0.6 is 12.4 Å². The van der Waals surface area contributed by atoms with E-state index in [0.29, 0.717) is 17.5 Å². The lowest BCUT2D eigenvalue weighted by Crippen LogP contribution is -2.47. The van der Waals surface area contributed by atoms with Gasteiger partial charge in [-0.25, -0.2) is 9.79 Å². The predicted octanol–water partition coefficient (Wildman–Crippen LogP) is 4.41. The van der Waals surface area contributed by atoms with Gasteiger partial charge in [0, 0.05) is 31.4 Å². The molecule has 2 heterocycles. The number of amides is 3. The number of carbonyl (C=O) groups excluding carboxylic acids is 2. The van der Waals surface area contributed by atoms with Gasteiger partial charge in [-0.3, -0.25) is 4.79 Å². The summed E-state index contributed by atoms with van der Waals surface area (Å²) in [7, 11) is 1.75. The molecule has 1 aliphatic carbocycles. The van der Waals surface area contributed by atoms with Crippen molar-refractivity contribution in [2.75, 3.05) is 30.4 Å². The first-order chi connectivity index (χ1) is 16.0. The summed E-state index contributed by atoms with van der Waals surface area (Å²) >= 11 is 0. The topological polar surface area (TPSA) is 77.0 Å². The minimum absolute atomic E-state index is 0. The number of benzodiazepines with no additional fused rings is 1. The molecule has 3 unspecified atom stereocenters. The van der Waals surface area contributed by atoms with Crippen molar-refractivity contribution in [3.05, 3.63) is 59.7 Å². The van der Waals surface area contributed by atoms with Crippen molar-refractivity contribution in [3.63, 3.8) is 0 Å². The van der Waals surface area contributed by atoms with Gasteiger partial charge >= 0.3 is 6.03 Å². The Kier molecular flexibility index (Phi) is 7.12. The Labute approximate surface area is 207 Å². The SMILES string of the molecule is Cc1cccc(NC(=O)NC2N=C(N3CC4CCCCC4C3)c3ccccc3N(C)C2=O)c1.Cl. The Balaban J connectivity index is 0.00000274. The highest BCUT2D eigenvalue weighted by atomic mass is 35.5. The summed E-state index contributed by atoms with van der Waals surface area (Å²) in [5.74, 6) is 1.91. The van der Waals surface area contributed by atoms with Crippen LogP contribution in [0.2, 0.25) is 0 Å². The van der Waals surface area contributed by atoms with Crippen LogP contribution in [0.25, 0.3) is 0 Å². The lowest BCUT2D eigenvalue weighted by molar-refractivity contribution is -0.119. The molecule has 7 nitrogen and oxygen atoms in total. The molecular formula is C26H32ClN5O2. The van der Waals surface area contributed by atoms with Gasteiger partial charge in [-0.1, -0.05) is 37.1 Å². The van der Waals surface area contributed by atoms with Crippen molar-refractivity contribution in [1.82, 2.24) is 10.2 Å². The van der Waals surface area contributed by atoms with Crippen molar-refractivity contribution in [1.29, 1.82) is 0 Å². The standard InChI is InChI=1S/C26H31N5O2.ClH/c1-17-8-7-11-20(14-17)27-26(33)29-23-25(32)30(2)22-13-6-5-12-21(22)24(28-23)31-15-18-9-3-4-10-19(18)16-31;/h5-8,11-14,18-19,23H,3-4,9-10,15-16H2,1-2H3,(H2,27,29,33);1H. The van der Waals surface area contributed by atoms with Crippen molar-refractivity contribution in [2.24, 2.45) is 16.8 Å². The number of urea groups is 1. The van der Waals surface area contributed by atoms with Crippen LogP contribution in [0.15, 0.2) is 53.5 Å². The fraction of sp³-hybridized carbons (Fsp3) is 0.423. The van der Waals surface area contributed by atoms with Crippen LogP contribution in [0.4, 0.5) is 16.2 Å². The maximum absolute atomic E-state index is 13.3. The number of amidine groups is 1. The van der Waals surface area contributed by atoms with E-state index in [1.54, 1.807) is 11.9 Å². The first kappa shape index (κ1) is 24.1. The predicted molar refractivity (Wildman–Crippen MR) is 138 cm³/mol. The molecule has 2 aliphatic heterocycles. The highest BCUT2D eigenvalue weighted by Gasteiger charge is 2.39. The summed E-state index contributed by atoms with van der Waals surface area (Å²) < 4.78 is 0. The molecule has 2 aromatic rings. The maximum Gasteiger partial charge on any atom is 0.321 e. The second-order valence-electron chi connectivity index (χ2n) is 9.45. The Hall–Kier alpha value is -3.06. The zero-order valence-electron chi connectivity index (χ0n) is 19.7. The number of para-hydroxylation sites is 1. The van der Waals surface area contributed by atoms with Gasteiger partial charge in [-0.2, -0.15) is 0 Å². The number of nitrogens with one attached hydrogen (secondary N) is 2. The number of likely N-dealkylation sites (N-methyl/N-ethyl adjacent to an activating group) is 1. The van der Waals surface area contributed by atoms with Gasteiger partial charge in [0.05, 0.1) is 5.69 Å². The average molecular weight is 482 g/mol. The molecule has 1 saturated heterocycles. The minimum Gasteiger partial charge on any atom is -0.356 e. The Morgan fingerprint density at radius 3 is 2.44 bits per heavy atom. The molecule has 0 bridgehead atoms. The third-order valence-electron chi connectivity index (χ3n) is 7.14. The molecule has 2 fully saturated rings. The third kappa shape index (κ3) is 4.75. The molecule has 8 heteroatoms. The number of aliphatic imine (C=N–C) groups is 1. The second-order valence-corrected chi connectivity index (χ2v) is 9.45. The first-order valence-corrected chi connectivity index (χ1v) is 11.8. The van der Waals surface area contributed by atoms with Gasteiger partial charge in [0.2, 0.25) is 6.17 Å². The summed E-state index contributed by atoms with van der Waals surface area (Å²) in [4.78, 5) is 34.9. The maximum atomic E-state index is 13.3. The first-order valence-electron chi connectivity index (χ1n) is 11.8. The fourth-order valence-electron chi connectivity index (χ4n) is 5.44. The molecule has 1 saturated carbocycles. The summed E-state index contributed by atoms with van der Waals surface area (Å²) in [5.41, 5.74) is 3.48. The molecule has 3 aliphatic rings. The van der Waals surface area contributed by atoms with E-state index in [0.717, 1.165) is 35.7 Å². The fourth-order valence-corrected chi connectivity index (χ4v) is 5.44. The number of hydrogen-bond acceptors (Lipinski definition) is 4. The van der Waals surface area contributed by atoms with Gasteiger partial charge in [-0.05, 0) is 61.4 Å². The van der Waals surface area contributed by atoms with Crippen LogP contribution in [0.3, 0.4) is 0 Å². The number of carbonyl (C=O) groups is 2. The number of halogens is 1. The molecule has 5 rings (SSSR count). The van der Waals surface area contributed by atoms with Crippen molar-refractivity contribution in [3.8, 4) is 0 Å². The number of hydrogen-bond donors (Lipinski definition) is 2. The minimum atomic E-state index is -0.996. The Morgan fingerprint density at radius 2 is 1.74 bits per heavy atom. The van der Waals surface area contributed by atoms with Crippen LogP contribution < -0.4 is 15.5 Å². The van der Waals surface area contributed by atoms with Crippen LogP contribution in [0.1, 0.15) is 36.8 Å². The van der Waals surface area contributed by atoms with Crippen LogP contribution in [0, 0.1) is 18.8 Å². The van der Waals surface area contributed by atoms with Gasteiger partial charge < -0.3 is 20.4 Å². The normalized spacial score (nSPS) is 23.8. The molecule has 2 aromatic carbocycles. The highest BCUT2D eigenvalue weighted by molar-refractivity contribution is 6.12. The molecule has 180 valence electrons. The molecule has 34 heavy (non-hydrogen) atoms. The van der Waals surface area contributed by atoms with E-state index in [2.05, 4.69) is 15.5 Å². The molecule has 0 radical (unpaired) electrons. The van der Waals surface area contributed by atoms with Crippen molar-refractivity contribution < 1.29 is 9.59 Å². The lowest BCUT2D eigenvalue weighted by Gasteiger charge is -2.23. The monoisotopic (exact) mass is 481 g/mol. The number of aryl methyl sites for hydroxylation is 1. The van der Waals surface area contributed by atoms with Crippen LogP contribution in [-0.4, -0.2) is 49.0 Å². The number of nitrogens with zero attached hydrogens (tertiary/aromatic N) is 3.